The van der Waals surface area contributed by atoms with Crippen molar-refractivity contribution < 1.29 is 4.42 Å². The third-order valence-electron chi connectivity index (χ3n) is 3.59. The molecular weight excluding hydrogens is 296 g/mol. The average Bonchev–Trinajstić information content (AvgIpc) is 3.16. The Balaban J connectivity index is 1.71. The van der Waals surface area contributed by atoms with Gasteiger partial charge in [-0.25, -0.2) is 4.98 Å². The third-order valence-corrected chi connectivity index (χ3v) is 4.53. The second-order valence-corrected chi connectivity index (χ2v) is 5.97. The molecule has 2 heterocycles. The van der Waals surface area contributed by atoms with Gasteiger partial charge >= 0.3 is 6.01 Å². The summed E-state index contributed by atoms with van der Waals surface area (Å²) in [5.41, 5.74) is 4.07. The zero-order valence-corrected chi connectivity index (χ0v) is 13.4. The number of hydrogen-bond acceptors (Lipinski definition) is 6. The Kier molecular flexibility index (Phi) is 4.48. The summed E-state index contributed by atoms with van der Waals surface area (Å²) in [5, 5.41) is 11.5. The second kappa shape index (κ2) is 6.70. The summed E-state index contributed by atoms with van der Waals surface area (Å²) in [7, 11) is 0. The maximum Gasteiger partial charge on any atom is 0.315 e. The van der Waals surface area contributed by atoms with Gasteiger partial charge < -0.3 is 9.73 Å². The molecular formula is C16H18N4OS. The number of benzene rings is 1. The van der Waals surface area contributed by atoms with Gasteiger partial charge in [0.15, 0.2) is 0 Å². The first-order chi connectivity index (χ1) is 10.8. The molecule has 3 rings (SSSR count). The van der Waals surface area contributed by atoms with E-state index < -0.39 is 0 Å². The lowest BCUT2D eigenvalue weighted by Gasteiger charge is -2.10. The van der Waals surface area contributed by atoms with Crippen molar-refractivity contribution in [3.05, 3.63) is 57.9 Å². The second-order valence-electron chi connectivity index (χ2n) is 5.03. The highest BCUT2D eigenvalue weighted by Gasteiger charge is 2.19. The summed E-state index contributed by atoms with van der Waals surface area (Å²) in [5.74, 6) is 0.784. The topological polar surface area (TPSA) is 63.8 Å². The van der Waals surface area contributed by atoms with E-state index in [2.05, 4.69) is 39.6 Å². The maximum atomic E-state index is 5.78. The molecule has 0 saturated heterocycles. The smallest absolute Gasteiger partial charge is 0.315 e. The molecule has 6 heteroatoms. The van der Waals surface area contributed by atoms with Gasteiger partial charge in [-0.3, -0.25) is 0 Å². The SMILES string of the molecule is CC[C@H](c1ccccc1)c1nnc(NCc2scnc2C)o1. The van der Waals surface area contributed by atoms with Gasteiger partial charge in [0, 0.05) is 4.88 Å². The third kappa shape index (κ3) is 3.17. The molecule has 2 aromatic heterocycles. The number of rotatable bonds is 6. The highest BCUT2D eigenvalue weighted by Crippen LogP contribution is 2.27. The monoisotopic (exact) mass is 314 g/mol. The minimum Gasteiger partial charge on any atom is -0.407 e. The number of thiazole rings is 1. The minimum atomic E-state index is 0.134. The summed E-state index contributed by atoms with van der Waals surface area (Å²) in [6, 6.07) is 10.7. The molecule has 1 atom stereocenters. The number of hydrogen-bond donors (Lipinski definition) is 1. The number of nitrogens with zero attached hydrogens (tertiary/aromatic N) is 3. The highest BCUT2D eigenvalue weighted by molar-refractivity contribution is 7.09. The van der Waals surface area contributed by atoms with Crippen LogP contribution in [0.1, 0.15) is 41.3 Å². The molecule has 0 amide bonds. The van der Waals surface area contributed by atoms with Crippen molar-refractivity contribution in [3.8, 4) is 0 Å². The van der Waals surface area contributed by atoms with Gasteiger partial charge in [-0.05, 0) is 18.9 Å². The molecule has 114 valence electrons. The maximum absolute atomic E-state index is 5.78. The van der Waals surface area contributed by atoms with Crippen molar-refractivity contribution in [2.75, 3.05) is 5.32 Å². The minimum absolute atomic E-state index is 0.134. The van der Waals surface area contributed by atoms with Crippen molar-refractivity contribution in [2.45, 2.75) is 32.7 Å². The normalized spacial score (nSPS) is 12.3. The van der Waals surface area contributed by atoms with Crippen LogP contribution in [0.15, 0.2) is 40.3 Å². The van der Waals surface area contributed by atoms with Crippen molar-refractivity contribution in [1.82, 2.24) is 15.2 Å². The molecule has 0 radical (unpaired) electrons. The Bertz CT molecular complexity index is 723. The van der Waals surface area contributed by atoms with E-state index in [1.165, 1.54) is 10.4 Å². The number of anilines is 1. The van der Waals surface area contributed by atoms with E-state index >= 15 is 0 Å². The number of aryl methyl sites for hydroxylation is 1. The van der Waals surface area contributed by atoms with Crippen LogP contribution in [-0.4, -0.2) is 15.2 Å². The summed E-state index contributed by atoms with van der Waals surface area (Å²) in [6.07, 6.45) is 0.916. The van der Waals surface area contributed by atoms with Gasteiger partial charge in [0.05, 0.1) is 23.7 Å². The van der Waals surface area contributed by atoms with Gasteiger partial charge in [0.1, 0.15) is 0 Å². The van der Waals surface area contributed by atoms with Gasteiger partial charge in [0.2, 0.25) is 5.89 Å². The van der Waals surface area contributed by atoms with Crippen LogP contribution >= 0.6 is 11.3 Å². The Labute approximate surface area is 133 Å². The summed E-state index contributed by atoms with van der Waals surface area (Å²) >= 11 is 1.62. The van der Waals surface area contributed by atoms with Crippen LogP contribution in [0.5, 0.6) is 0 Å². The van der Waals surface area contributed by atoms with Crippen LogP contribution in [-0.2, 0) is 6.54 Å². The molecule has 0 saturated carbocycles. The van der Waals surface area contributed by atoms with Crippen LogP contribution < -0.4 is 5.32 Å². The van der Waals surface area contributed by atoms with Gasteiger partial charge in [-0.15, -0.1) is 16.4 Å². The lowest BCUT2D eigenvalue weighted by Crippen LogP contribution is -2.00. The fraction of sp³-hybridized carbons (Fsp3) is 0.312. The first-order valence-electron chi connectivity index (χ1n) is 7.29. The van der Waals surface area contributed by atoms with Crippen LogP contribution in [0.4, 0.5) is 6.01 Å². The van der Waals surface area contributed by atoms with E-state index in [1.807, 2.05) is 30.6 Å². The van der Waals surface area contributed by atoms with Gasteiger partial charge in [0.25, 0.3) is 0 Å². The van der Waals surface area contributed by atoms with E-state index in [4.69, 9.17) is 4.42 Å². The van der Waals surface area contributed by atoms with E-state index in [0.29, 0.717) is 18.5 Å². The first kappa shape index (κ1) is 14.7. The van der Waals surface area contributed by atoms with Crippen molar-refractivity contribution in [3.63, 3.8) is 0 Å². The molecule has 1 aromatic carbocycles. The molecule has 22 heavy (non-hydrogen) atoms. The van der Waals surface area contributed by atoms with E-state index in [-0.39, 0.29) is 5.92 Å². The fourth-order valence-electron chi connectivity index (χ4n) is 2.34. The predicted molar refractivity (Wildman–Crippen MR) is 87.1 cm³/mol. The Morgan fingerprint density at radius 3 is 2.73 bits per heavy atom. The van der Waals surface area contributed by atoms with Crippen molar-refractivity contribution >= 4 is 17.4 Å². The van der Waals surface area contributed by atoms with Gasteiger partial charge in [-0.2, -0.15) is 0 Å². The molecule has 5 nitrogen and oxygen atoms in total. The van der Waals surface area contributed by atoms with Crippen LogP contribution in [0.25, 0.3) is 0 Å². The van der Waals surface area contributed by atoms with Crippen molar-refractivity contribution in [2.24, 2.45) is 0 Å². The molecule has 3 aromatic rings. The number of aromatic nitrogens is 3. The van der Waals surface area contributed by atoms with E-state index in [1.54, 1.807) is 11.3 Å². The first-order valence-corrected chi connectivity index (χ1v) is 8.17. The predicted octanol–water partition coefficient (Wildman–Crippen LogP) is 3.99. The van der Waals surface area contributed by atoms with Gasteiger partial charge in [-0.1, -0.05) is 42.4 Å². The molecule has 0 spiro atoms. The summed E-state index contributed by atoms with van der Waals surface area (Å²) in [4.78, 5) is 5.40. The van der Waals surface area contributed by atoms with Crippen LogP contribution in [0.3, 0.4) is 0 Å². The quantitative estimate of drug-likeness (QED) is 0.745. The largest absolute Gasteiger partial charge is 0.407 e. The Morgan fingerprint density at radius 1 is 1.23 bits per heavy atom. The molecule has 0 bridgehead atoms. The molecule has 0 aliphatic rings. The average molecular weight is 314 g/mol. The Morgan fingerprint density at radius 2 is 2.05 bits per heavy atom. The lowest BCUT2D eigenvalue weighted by molar-refractivity contribution is 0.473. The Hall–Kier alpha value is -2.21. The molecule has 0 aliphatic carbocycles. The van der Waals surface area contributed by atoms with Crippen LogP contribution in [0, 0.1) is 6.92 Å². The standard InChI is InChI=1S/C16H18N4OS/c1-3-13(12-7-5-4-6-8-12)15-19-20-16(21-15)17-9-14-11(2)18-10-22-14/h4-8,10,13H,3,9H2,1-2H3,(H,17,20)/t13-/m1/s1. The fourth-order valence-corrected chi connectivity index (χ4v) is 3.05. The lowest BCUT2D eigenvalue weighted by atomic mass is 9.97. The molecule has 0 aliphatic heterocycles. The number of nitrogens with one attached hydrogen (secondary N) is 1. The molecule has 0 unspecified atom stereocenters. The highest BCUT2D eigenvalue weighted by atomic mass is 32.1. The van der Waals surface area contributed by atoms with Crippen molar-refractivity contribution in [1.29, 1.82) is 0 Å². The molecule has 1 N–H and O–H groups in total. The van der Waals surface area contributed by atoms with Crippen LogP contribution in [0.2, 0.25) is 0 Å². The van der Waals surface area contributed by atoms with E-state index in [0.717, 1.165) is 12.1 Å². The summed E-state index contributed by atoms with van der Waals surface area (Å²) in [6.45, 7) is 4.77. The zero-order chi connectivity index (χ0) is 15.4. The summed E-state index contributed by atoms with van der Waals surface area (Å²) < 4.78 is 5.78. The zero-order valence-electron chi connectivity index (χ0n) is 12.6. The molecule has 0 fully saturated rings. The van der Waals surface area contributed by atoms with E-state index in [9.17, 15) is 0 Å².